The van der Waals surface area contributed by atoms with Gasteiger partial charge in [-0.3, -0.25) is 14.3 Å². The summed E-state index contributed by atoms with van der Waals surface area (Å²) in [6.07, 6.45) is 9.98. The molecule has 7 nitrogen and oxygen atoms in total. The molecule has 2 saturated heterocycles. The lowest BCUT2D eigenvalue weighted by molar-refractivity contribution is -0.0868. The third kappa shape index (κ3) is 7.16. The fourth-order valence-corrected chi connectivity index (χ4v) is 7.87. The number of aryl methyl sites for hydroxylation is 2. The molecule has 0 spiro atoms. The van der Waals surface area contributed by atoms with E-state index >= 15 is 8.78 Å². The Labute approximate surface area is 278 Å². The first-order valence-electron chi connectivity index (χ1n) is 17.8. The van der Waals surface area contributed by atoms with Gasteiger partial charge in [-0.15, -0.1) is 0 Å². The SMILES string of the molecule is Cc1nc2c3cc(C4CCN(C(C)C)CC4)c(=O)n(c3n1)CCCC/C=C\C(C)N1CCC(CC1)C(F)(F)c1cccc(c1)[C@@H](C)N2. The second-order valence-electron chi connectivity index (χ2n) is 14.4. The zero-order valence-corrected chi connectivity index (χ0v) is 28.8. The molecule has 1 N–H and O–H groups in total. The molecule has 9 heteroatoms. The zero-order chi connectivity index (χ0) is 33.3. The standard InChI is InChI=1S/C38H52F2N6O/c1-25(2)44-19-14-29(15-20-44)33-24-34-35-41-27(4)30-12-10-13-32(23-30)38(39,40)31-16-21-45(22-17-31)26(3)11-8-6-7-9-18-46(37(33)47)36(34)43-28(5)42-35/h8,10-13,23-27,29,31H,6-7,9,14-22H2,1-5H3,(H,41,42,43)/b11-8-/t26?,27-/m1/s1. The van der Waals surface area contributed by atoms with Gasteiger partial charge in [-0.2, -0.15) is 0 Å². The first-order chi connectivity index (χ1) is 22.5. The Bertz CT molecular complexity index is 1640. The van der Waals surface area contributed by atoms with Crippen LogP contribution in [0, 0.1) is 12.8 Å². The normalized spacial score (nSPS) is 27.1. The molecule has 2 fully saturated rings. The Morgan fingerprint density at radius 2 is 1.70 bits per heavy atom. The Kier molecular flexibility index (Phi) is 10.1. The number of nitrogens with zero attached hydrogens (tertiary/aromatic N) is 5. The summed E-state index contributed by atoms with van der Waals surface area (Å²) in [6, 6.07) is 9.32. The number of likely N-dealkylation sites (tertiary alicyclic amines) is 1. The van der Waals surface area contributed by atoms with Gasteiger partial charge in [0.1, 0.15) is 17.3 Å². The van der Waals surface area contributed by atoms with Crippen LogP contribution in [0.3, 0.4) is 0 Å². The number of alkyl halides is 2. The van der Waals surface area contributed by atoms with E-state index in [9.17, 15) is 4.79 Å². The van der Waals surface area contributed by atoms with Gasteiger partial charge >= 0.3 is 0 Å². The third-order valence-corrected chi connectivity index (χ3v) is 10.9. The first-order valence-corrected chi connectivity index (χ1v) is 17.8. The van der Waals surface area contributed by atoms with Crippen molar-refractivity contribution in [3.63, 3.8) is 0 Å². The fraction of sp³-hybridized carbons (Fsp3) is 0.605. The van der Waals surface area contributed by atoms with Crippen LogP contribution in [0.15, 0.2) is 47.3 Å². The van der Waals surface area contributed by atoms with E-state index in [0.29, 0.717) is 55.8 Å². The minimum absolute atomic E-state index is 0.0543. The number of nitrogens with one attached hydrogen (secondary N) is 1. The monoisotopic (exact) mass is 646 g/mol. The van der Waals surface area contributed by atoms with Crippen LogP contribution in [0.1, 0.15) is 107 Å². The van der Waals surface area contributed by atoms with Crippen molar-refractivity contribution >= 4 is 16.9 Å². The lowest BCUT2D eigenvalue weighted by Gasteiger charge is -2.38. The van der Waals surface area contributed by atoms with E-state index in [2.05, 4.69) is 48.0 Å². The number of pyridine rings is 1. The molecule has 2 atom stereocenters. The van der Waals surface area contributed by atoms with Gasteiger partial charge in [0, 0.05) is 41.7 Å². The lowest BCUT2D eigenvalue weighted by Crippen LogP contribution is -2.43. The summed E-state index contributed by atoms with van der Waals surface area (Å²) in [4.78, 5) is 28.7. The smallest absolute Gasteiger partial charge is 0.276 e. The van der Waals surface area contributed by atoms with Crippen molar-refractivity contribution < 1.29 is 8.78 Å². The quantitative estimate of drug-likeness (QED) is 0.287. The van der Waals surface area contributed by atoms with Crippen molar-refractivity contribution in [3.05, 3.63) is 75.4 Å². The molecule has 1 aromatic carbocycles. The van der Waals surface area contributed by atoms with Crippen LogP contribution in [0.2, 0.25) is 0 Å². The number of fused-ring (bicyclic) bond motifs is 8. The Morgan fingerprint density at radius 1 is 0.957 bits per heavy atom. The summed E-state index contributed by atoms with van der Waals surface area (Å²) in [5.41, 5.74) is 2.39. The Balaban J connectivity index is 1.41. The van der Waals surface area contributed by atoms with E-state index in [0.717, 1.165) is 61.7 Å². The maximum absolute atomic E-state index is 16.0. The Hall–Kier alpha value is -3.17. The maximum atomic E-state index is 16.0. The van der Waals surface area contributed by atoms with Crippen molar-refractivity contribution in [2.75, 3.05) is 31.5 Å². The van der Waals surface area contributed by atoms with Crippen molar-refractivity contribution in [2.24, 2.45) is 5.92 Å². The summed E-state index contributed by atoms with van der Waals surface area (Å²) in [7, 11) is 0. The molecule has 47 heavy (non-hydrogen) atoms. The molecule has 4 aliphatic heterocycles. The molecule has 0 aliphatic carbocycles. The van der Waals surface area contributed by atoms with Crippen LogP contribution < -0.4 is 10.9 Å². The average Bonchev–Trinajstić information content (AvgIpc) is 3.06. The maximum Gasteiger partial charge on any atom is 0.276 e. The van der Waals surface area contributed by atoms with Crippen LogP contribution >= 0.6 is 0 Å². The van der Waals surface area contributed by atoms with Gasteiger partial charge in [0.2, 0.25) is 0 Å². The van der Waals surface area contributed by atoms with Gasteiger partial charge in [0.15, 0.2) is 0 Å². The minimum atomic E-state index is -2.91. The van der Waals surface area contributed by atoms with E-state index in [1.54, 1.807) is 18.2 Å². The number of allylic oxidation sites excluding steroid dienone is 1. The predicted molar refractivity (Wildman–Crippen MR) is 186 cm³/mol. The molecule has 1 unspecified atom stereocenters. The molecule has 0 radical (unpaired) electrons. The highest BCUT2D eigenvalue weighted by molar-refractivity contribution is 5.87. The van der Waals surface area contributed by atoms with E-state index in [-0.39, 0.29) is 29.1 Å². The molecule has 0 amide bonds. The zero-order valence-electron chi connectivity index (χ0n) is 28.8. The molecule has 0 saturated carbocycles. The number of rotatable bonds is 2. The van der Waals surface area contributed by atoms with Crippen molar-refractivity contribution in [1.82, 2.24) is 24.3 Å². The number of hydrogen-bond acceptors (Lipinski definition) is 6. The summed E-state index contributed by atoms with van der Waals surface area (Å²) in [5, 5.41) is 4.37. The lowest BCUT2D eigenvalue weighted by atomic mass is 9.85. The van der Waals surface area contributed by atoms with Gasteiger partial charge < -0.3 is 10.2 Å². The van der Waals surface area contributed by atoms with E-state index < -0.39 is 11.8 Å². The van der Waals surface area contributed by atoms with Crippen LogP contribution in [0.25, 0.3) is 11.0 Å². The van der Waals surface area contributed by atoms with Crippen molar-refractivity contribution in [1.29, 1.82) is 0 Å². The van der Waals surface area contributed by atoms with E-state index in [4.69, 9.17) is 9.97 Å². The van der Waals surface area contributed by atoms with Gasteiger partial charge in [-0.05, 0) is 129 Å². The molecule has 7 rings (SSSR count). The highest BCUT2D eigenvalue weighted by Gasteiger charge is 2.43. The van der Waals surface area contributed by atoms with Crippen LogP contribution in [0.4, 0.5) is 14.6 Å². The highest BCUT2D eigenvalue weighted by atomic mass is 19.3. The number of aromatic nitrogens is 3. The highest BCUT2D eigenvalue weighted by Crippen LogP contribution is 2.42. The van der Waals surface area contributed by atoms with Gasteiger partial charge in [-0.1, -0.05) is 30.4 Å². The summed E-state index contributed by atoms with van der Waals surface area (Å²) in [6.45, 7) is 14.3. The van der Waals surface area contributed by atoms with Crippen LogP contribution in [-0.4, -0.2) is 62.6 Å². The molecular formula is C38H52F2N6O. The van der Waals surface area contributed by atoms with Gasteiger partial charge in [0.05, 0.1) is 5.39 Å². The molecule has 254 valence electrons. The number of hydrogen-bond donors (Lipinski definition) is 1. The van der Waals surface area contributed by atoms with Gasteiger partial charge in [0.25, 0.3) is 11.5 Å². The molecule has 6 heterocycles. The summed E-state index contributed by atoms with van der Waals surface area (Å²) in [5.74, 6) is -2.21. The first kappa shape index (κ1) is 33.7. The van der Waals surface area contributed by atoms with E-state index in [1.165, 1.54) is 0 Å². The van der Waals surface area contributed by atoms with Crippen molar-refractivity contribution in [3.8, 4) is 0 Å². The fourth-order valence-electron chi connectivity index (χ4n) is 7.87. The topological polar surface area (TPSA) is 66.3 Å². The molecule has 8 bridgehead atoms. The van der Waals surface area contributed by atoms with Crippen molar-refractivity contribution in [2.45, 2.75) is 116 Å². The van der Waals surface area contributed by atoms with E-state index in [1.807, 2.05) is 30.5 Å². The number of anilines is 1. The third-order valence-electron chi connectivity index (χ3n) is 10.9. The molecular weight excluding hydrogens is 594 g/mol. The summed E-state index contributed by atoms with van der Waals surface area (Å²) < 4.78 is 33.9. The van der Waals surface area contributed by atoms with Crippen LogP contribution in [-0.2, 0) is 12.5 Å². The summed E-state index contributed by atoms with van der Waals surface area (Å²) >= 11 is 0. The molecule has 2 aromatic heterocycles. The molecule has 3 aromatic rings. The Morgan fingerprint density at radius 3 is 2.43 bits per heavy atom. The number of piperidine rings is 2. The number of halogens is 2. The average molecular weight is 647 g/mol. The molecule has 4 aliphatic rings. The van der Waals surface area contributed by atoms with Gasteiger partial charge in [-0.25, -0.2) is 18.7 Å². The number of benzene rings is 1. The predicted octanol–water partition coefficient (Wildman–Crippen LogP) is 7.79. The second-order valence-corrected chi connectivity index (χ2v) is 14.4. The largest absolute Gasteiger partial charge is 0.363 e. The minimum Gasteiger partial charge on any atom is -0.363 e. The van der Waals surface area contributed by atoms with Crippen LogP contribution in [0.5, 0.6) is 0 Å². The second kappa shape index (κ2) is 14.1.